The normalized spacial score (nSPS) is 9.46. The lowest BCUT2D eigenvalue weighted by atomic mass is 10.3. The molecule has 0 atom stereocenters. The quantitative estimate of drug-likeness (QED) is 0.681. The summed E-state index contributed by atoms with van der Waals surface area (Å²) in [5.74, 6) is -0.306. The first-order valence-corrected chi connectivity index (χ1v) is 3.85. The summed E-state index contributed by atoms with van der Waals surface area (Å²) in [6.07, 6.45) is 0. The monoisotopic (exact) mass is 201 g/mol. The van der Waals surface area contributed by atoms with E-state index in [4.69, 9.17) is 16.3 Å². The fraction of sp³-hybridized carbons (Fsp3) is 0.250. The minimum absolute atomic E-state index is 0.170. The van der Waals surface area contributed by atoms with Crippen LogP contribution in [-0.4, -0.2) is 25.2 Å². The number of carbonyl (C=O) groups excluding carboxylic acids is 1. The number of hydrogen-bond acceptors (Lipinski definition) is 4. The van der Waals surface area contributed by atoms with E-state index < -0.39 is 5.97 Å². The van der Waals surface area contributed by atoms with Gasteiger partial charge >= 0.3 is 5.97 Å². The van der Waals surface area contributed by atoms with Crippen LogP contribution in [0.2, 0.25) is 5.02 Å². The van der Waals surface area contributed by atoms with Gasteiger partial charge in [0.05, 0.1) is 14.2 Å². The van der Waals surface area contributed by atoms with Crippen molar-refractivity contribution in [1.29, 1.82) is 0 Å². The standard InChI is InChI=1S/C8H8ClNO3/c1-12-7-5(9)3-4-6(10-7)8(11)13-2/h3-4H,1-2H3. The summed E-state index contributed by atoms with van der Waals surface area (Å²) < 4.78 is 9.31. The van der Waals surface area contributed by atoms with E-state index in [0.29, 0.717) is 5.02 Å². The third-order valence-corrected chi connectivity index (χ3v) is 1.69. The average molecular weight is 202 g/mol. The molecule has 0 radical (unpaired) electrons. The molecule has 1 heterocycles. The van der Waals surface area contributed by atoms with Crippen molar-refractivity contribution in [1.82, 2.24) is 4.98 Å². The second-order valence-corrected chi connectivity index (χ2v) is 2.59. The molecule has 0 aliphatic carbocycles. The molecular weight excluding hydrogens is 194 g/mol. The highest BCUT2D eigenvalue weighted by Crippen LogP contribution is 2.21. The van der Waals surface area contributed by atoms with Gasteiger partial charge in [-0.05, 0) is 12.1 Å². The lowest BCUT2D eigenvalue weighted by Crippen LogP contribution is -2.04. The molecule has 1 aromatic rings. The molecule has 0 amide bonds. The molecule has 0 saturated heterocycles. The topological polar surface area (TPSA) is 48.4 Å². The third kappa shape index (κ3) is 2.09. The smallest absolute Gasteiger partial charge is 0.356 e. The largest absolute Gasteiger partial charge is 0.480 e. The van der Waals surface area contributed by atoms with Gasteiger partial charge in [0.15, 0.2) is 5.69 Å². The first kappa shape index (κ1) is 9.80. The zero-order valence-corrected chi connectivity index (χ0v) is 7.96. The fourth-order valence-electron chi connectivity index (χ4n) is 0.785. The summed E-state index contributed by atoms with van der Waals surface area (Å²) in [6, 6.07) is 3.00. The van der Waals surface area contributed by atoms with Crippen LogP contribution < -0.4 is 4.74 Å². The van der Waals surface area contributed by atoms with E-state index >= 15 is 0 Å². The van der Waals surface area contributed by atoms with Crippen LogP contribution in [0.4, 0.5) is 0 Å². The fourth-order valence-corrected chi connectivity index (χ4v) is 0.967. The van der Waals surface area contributed by atoms with Crippen molar-refractivity contribution >= 4 is 17.6 Å². The van der Waals surface area contributed by atoms with E-state index in [1.807, 2.05) is 0 Å². The summed E-state index contributed by atoms with van der Waals surface area (Å²) in [5, 5.41) is 0.357. The minimum Gasteiger partial charge on any atom is -0.480 e. The van der Waals surface area contributed by atoms with Crippen LogP contribution in [0.5, 0.6) is 5.88 Å². The van der Waals surface area contributed by atoms with Crippen LogP contribution >= 0.6 is 11.6 Å². The van der Waals surface area contributed by atoms with Crippen LogP contribution in [0.3, 0.4) is 0 Å². The molecule has 0 saturated carbocycles. The predicted molar refractivity (Wildman–Crippen MR) is 47.1 cm³/mol. The van der Waals surface area contributed by atoms with Crippen molar-refractivity contribution in [3.05, 3.63) is 22.8 Å². The van der Waals surface area contributed by atoms with Crippen LogP contribution in [0.25, 0.3) is 0 Å². The summed E-state index contributed by atoms with van der Waals surface area (Å²) >= 11 is 5.70. The number of esters is 1. The number of rotatable bonds is 2. The van der Waals surface area contributed by atoms with E-state index in [1.165, 1.54) is 26.4 Å². The molecule has 0 spiro atoms. The molecule has 1 aromatic heterocycles. The minimum atomic E-state index is -0.519. The highest BCUT2D eigenvalue weighted by atomic mass is 35.5. The third-order valence-electron chi connectivity index (χ3n) is 1.40. The van der Waals surface area contributed by atoms with Crippen LogP contribution in [-0.2, 0) is 4.74 Å². The lowest BCUT2D eigenvalue weighted by Gasteiger charge is -2.03. The van der Waals surface area contributed by atoms with Gasteiger partial charge in [-0.15, -0.1) is 0 Å². The maximum atomic E-state index is 11.0. The molecule has 70 valence electrons. The Morgan fingerprint density at radius 1 is 1.46 bits per heavy atom. The zero-order valence-electron chi connectivity index (χ0n) is 7.20. The number of ether oxygens (including phenoxy) is 2. The molecule has 0 fully saturated rings. The number of nitrogens with zero attached hydrogens (tertiary/aromatic N) is 1. The SMILES string of the molecule is COC(=O)c1ccc(Cl)c(OC)n1. The Bertz CT molecular complexity index is 327. The highest BCUT2D eigenvalue weighted by Gasteiger charge is 2.10. The van der Waals surface area contributed by atoms with Gasteiger partial charge in [0.1, 0.15) is 5.02 Å². The molecule has 0 N–H and O–H groups in total. The van der Waals surface area contributed by atoms with Crippen LogP contribution in [0.1, 0.15) is 10.5 Å². The molecule has 0 unspecified atom stereocenters. The van der Waals surface area contributed by atoms with E-state index in [0.717, 1.165) is 0 Å². The Morgan fingerprint density at radius 2 is 2.15 bits per heavy atom. The van der Waals surface area contributed by atoms with Gasteiger partial charge in [-0.25, -0.2) is 9.78 Å². The molecular formula is C8H8ClNO3. The Morgan fingerprint density at radius 3 is 2.69 bits per heavy atom. The van der Waals surface area contributed by atoms with Gasteiger partial charge in [-0.2, -0.15) is 0 Å². The second-order valence-electron chi connectivity index (χ2n) is 2.18. The molecule has 0 aliphatic rings. The summed E-state index contributed by atoms with van der Waals surface area (Å²) in [6.45, 7) is 0. The van der Waals surface area contributed by atoms with Gasteiger partial charge in [-0.1, -0.05) is 11.6 Å². The highest BCUT2D eigenvalue weighted by molar-refractivity contribution is 6.31. The summed E-state index contributed by atoms with van der Waals surface area (Å²) in [4.78, 5) is 14.8. The van der Waals surface area contributed by atoms with Crippen molar-refractivity contribution in [2.45, 2.75) is 0 Å². The maximum absolute atomic E-state index is 11.0. The number of pyridine rings is 1. The van der Waals surface area contributed by atoms with Crippen LogP contribution in [0.15, 0.2) is 12.1 Å². The number of methoxy groups -OCH3 is 2. The van der Waals surface area contributed by atoms with Gasteiger partial charge in [0.25, 0.3) is 0 Å². The maximum Gasteiger partial charge on any atom is 0.356 e. The first-order chi connectivity index (χ1) is 6.19. The number of hydrogen-bond donors (Lipinski definition) is 0. The molecule has 0 aromatic carbocycles. The van der Waals surface area contributed by atoms with Crippen molar-refractivity contribution in [2.75, 3.05) is 14.2 Å². The zero-order chi connectivity index (χ0) is 9.84. The number of aromatic nitrogens is 1. The lowest BCUT2D eigenvalue weighted by molar-refractivity contribution is 0.0593. The predicted octanol–water partition coefficient (Wildman–Crippen LogP) is 1.53. The van der Waals surface area contributed by atoms with Gasteiger partial charge < -0.3 is 9.47 Å². The van der Waals surface area contributed by atoms with E-state index in [9.17, 15) is 4.79 Å². The second kappa shape index (κ2) is 4.09. The van der Waals surface area contributed by atoms with Crippen molar-refractivity contribution < 1.29 is 14.3 Å². The molecule has 13 heavy (non-hydrogen) atoms. The molecule has 5 heteroatoms. The summed E-state index contributed by atoms with van der Waals surface area (Å²) in [7, 11) is 2.71. The first-order valence-electron chi connectivity index (χ1n) is 3.48. The van der Waals surface area contributed by atoms with Crippen LogP contribution in [0, 0.1) is 0 Å². The Kier molecular flexibility index (Phi) is 3.08. The Hall–Kier alpha value is -1.29. The van der Waals surface area contributed by atoms with Gasteiger partial charge in [0, 0.05) is 0 Å². The molecule has 4 nitrogen and oxygen atoms in total. The number of halogens is 1. The van der Waals surface area contributed by atoms with Crippen molar-refractivity contribution in [3.63, 3.8) is 0 Å². The van der Waals surface area contributed by atoms with Gasteiger partial charge in [-0.3, -0.25) is 0 Å². The van der Waals surface area contributed by atoms with Gasteiger partial charge in [0.2, 0.25) is 5.88 Å². The summed E-state index contributed by atoms with van der Waals surface area (Å²) in [5.41, 5.74) is 0.170. The average Bonchev–Trinajstić information content (AvgIpc) is 2.17. The molecule has 0 bridgehead atoms. The van der Waals surface area contributed by atoms with E-state index in [-0.39, 0.29) is 11.6 Å². The number of carbonyl (C=O) groups is 1. The molecule has 0 aliphatic heterocycles. The Balaban J connectivity index is 3.06. The Labute approximate surface area is 80.4 Å². The van der Waals surface area contributed by atoms with E-state index in [2.05, 4.69) is 9.72 Å². The van der Waals surface area contributed by atoms with Crippen molar-refractivity contribution in [3.8, 4) is 5.88 Å². The van der Waals surface area contributed by atoms with E-state index in [1.54, 1.807) is 0 Å². The van der Waals surface area contributed by atoms with Crippen molar-refractivity contribution in [2.24, 2.45) is 0 Å². The molecule has 1 rings (SSSR count).